The smallest absolute Gasteiger partial charge is 0.318 e. The Balaban J connectivity index is 1.66. The van der Waals surface area contributed by atoms with Crippen molar-refractivity contribution in [3.8, 4) is 11.1 Å². The molecule has 3 N–H and O–H groups in total. The van der Waals surface area contributed by atoms with Gasteiger partial charge in [0.1, 0.15) is 5.15 Å². The first-order valence-electron chi connectivity index (χ1n) is 8.95. The minimum Gasteiger partial charge on any atom is -0.379 e. The first-order chi connectivity index (χ1) is 13.1. The van der Waals surface area contributed by atoms with Crippen LogP contribution < -0.4 is 11.1 Å². The summed E-state index contributed by atoms with van der Waals surface area (Å²) in [4.78, 5) is 26.5. The highest BCUT2D eigenvalue weighted by Gasteiger charge is 2.32. The van der Waals surface area contributed by atoms with Crippen LogP contribution >= 0.6 is 11.6 Å². The summed E-state index contributed by atoms with van der Waals surface area (Å²) in [6.07, 6.45) is 0.812. The van der Waals surface area contributed by atoms with Crippen molar-refractivity contribution >= 4 is 23.5 Å². The number of urea groups is 1. The average Bonchev–Trinajstić information content (AvgIpc) is 3.28. The van der Waals surface area contributed by atoms with E-state index in [4.69, 9.17) is 22.1 Å². The van der Waals surface area contributed by atoms with Crippen LogP contribution in [0.1, 0.15) is 22.5 Å². The molecule has 1 aromatic carbocycles. The van der Waals surface area contributed by atoms with Crippen LogP contribution in [-0.2, 0) is 17.8 Å². The fourth-order valence-electron chi connectivity index (χ4n) is 3.74. The summed E-state index contributed by atoms with van der Waals surface area (Å²) in [7, 11) is 0. The van der Waals surface area contributed by atoms with Crippen LogP contribution in [0.25, 0.3) is 11.1 Å². The number of hydrogen-bond acceptors (Lipinski definition) is 3. The van der Waals surface area contributed by atoms with Gasteiger partial charge in [0.25, 0.3) is 5.91 Å². The molecule has 1 aromatic heterocycles. The summed E-state index contributed by atoms with van der Waals surface area (Å²) >= 11 is 6.61. The number of carbonyl (C=O) groups excluding carboxylic acids is 2. The molecule has 3 amide bonds. The Morgan fingerprint density at radius 1 is 1.22 bits per heavy atom. The second-order valence-corrected chi connectivity index (χ2v) is 7.16. The lowest BCUT2D eigenvalue weighted by molar-refractivity contribution is 0.0997. The summed E-state index contributed by atoms with van der Waals surface area (Å²) < 4.78 is 7.19. The van der Waals surface area contributed by atoms with E-state index in [9.17, 15) is 9.59 Å². The van der Waals surface area contributed by atoms with Crippen molar-refractivity contribution in [2.24, 2.45) is 5.73 Å². The Bertz CT molecular complexity index is 875. The minimum absolute atomic E-state index is 0.0327. The zero-order chi connectivity index (χ0) is 19.0. The van der Waals surface area contributed by atoms with Crippen LogP contribution in [0.5, 0.6) is 0 Å². The van der Waals surface area contributed by atoms with Gasteiger partial charge in [0.05, 0.1) is 30.5 Å². The van der Waals surface area contributed by atoms with Gasteiger partial charge < -0.3 is 25.3 Å². The van der Waals surface area contributed by atoms with Gasteiger partial charge >= 0.3 is 6.03 Å². The Morgan fingerprint density at radius 2 is 2.00 bits per heavy atom. The number of halogens is 1. The number of amides is 3. The molecular formula is C19H21ClN4O3. The largest absolute Gasteiger partial charge is 0.379 e. The van der Waals surface area contributed by atoms with Gasteiger partial charge in [-0.15, -0.1) is 0 Å². The van der Waals surface area contributed by atoms with E-state index >= 15 is 0 Å². The van der Waals surface area contributed by atoms with E-state index in [1.165, 1.54) is 0 Å². The quantitative estimate of drug-likeness (QED) is 0.844. The Labute approximate surface area is 162 Å². The van der Waals surface area contributed by atoms with Crippen LogP contribution in [0.3, 0.4) is 0 Å². The van der Waals surface area contributed by atoms with Crippen LogP contribution in [0.15, 0.2) is 30.3 Å². The molecule has 2 aromatic rings. The second-order valence-electron chi connectivity index (χ2n) is 6.80. The molecule has 1 unspecified atom stereocenters. The number of primary amides is 1. The molecule has 0 spiro atoms. The molecule has 27 heavy (non-hydrogen) atoms. The zero-order valence-corrected chi connectivity index (χ0v) is 15.5. The van der Waals surface area contributed by atoms with Crippen molar-refractivity contribution in [1.82, 2.24) is 14.8 Å². The third-order valence-corrected chi connectivity index (χ3v) is 5.49. The summed E-state index contributed by atoms with van der Waals surface area (Å²) in [5.41, 5.74) is 8.22. The lowest BCUT2D eigenvalue weighted by atomic mass is 10.0. The standard InChI is InChI=1S/C19H21ClN4O3/c20-17-15(12-4-2-1-3-5-12)16(18(21)25)14-10-23(7-8-24(14)17)19(26)22-13-6-9-27-11-13/h1-5,13H,6-11H2,(H2,21,25)(H,22,26). The number of rotatable bonds is 3. The van der Waals surface area contributed by atoms with Crippen molar-refractivity contribution in [2.45, 2.75) is 25.6 Å². The van der Waals surface area contributed by atoms with E-state index in [-0.39, 0.29) is 18.6 Å². The lowest BCUT2D eigenvalue weighted by Gasteiger charge is -2.30. The number of ether oxygens (including phenoxy) is 1. The molecule has 4 rings (SSSR count). The fourth-order valence-corrected chi connectivity index (χ4v) is 4.13. The minimum atomic E-state index is -0.545. The van der Waals surface area contributed by atoms with Crippen molar-refractivity contribution in [1.29, 1.82) is 0 Å². The van der Waals surface area contributed by atoms with Gasteiger partial charge in [-0.2, -0.15) is 0 Å². The molecule has 8 heteroatoms. The monoisotopic (exact) mass is 388 g/mol. The Kier molecular flexibility index (Phi) is 4.80. The predicted molar refractivity (Wildman–Crippen MR) is 102 cm³/mol. The lowest BCUT2D eigenvalue weighted by Crippen LogP contribution is -2.48. The van der Waals surface area contributed by atoms with Gasteiger partial charge in [-0.05, 0) is 12.0 Å². The average molecular weight is 389 g/mol. The van der Waals surface area contributed by atoms with Crippen LogP contribution in [0.4, 0.5) is 4.79 Å². The molecule has 0 radical (unpaired) electrons. The molecule has 0 aliphatic carbocycles. The number of fused-ring (bicyclic) bond motifs is 1. The van der Waals surface area contributed by atoms with E-state index in [0.717, 1.165) is 12.0 Å². The van der Waals surface area contributed by atoms with Gasteiger partial charge in [0.2, 0.25) is 0 Å². The summed E-state index contributed by atoms with van der Waals surface area (Å²) in [6, 6.07) is 9.33. The number of benzene rings is 1. The van der Waals surface area contributed by atoms with Crippen molar-refractivity contribution in [3.05, 3.63) is 46.7 Å². The Morgan fingerprint density at radius 3 is 2.67 bits per heavy atom. The molecule has 7 nitrogen and oxygen atoms in total. The van der Waals surface area contributed by atoms with E-state index in [0.29, 0.717) is 48.3 Å². The molecule has 142 valence electrons. The maximum absolute atomic E-state index is 12.6. The van der Waals surface area contributed by atoms with Gasteiger partial charge in [-0.1, -0.05) is 41.9 Å². The number of nitrogens with two attached hydrogens (primary N) is 1. The molecule has 1 saturated heterocycles. The number of aromatic nitrogens is 1. The van der Waals surface area contributed by atoms with Crippen LogP contribution in [-0.4, -0.2) is 47.2 Å². The molecule has 0 bridgehead atoms. The number of nitrogens with zero attached hydrogens (tertiary/aromatic N) is 2. The van der Waals surface area contributed by atoms with E-state index < -0.39 is 5.91 Å². The molecular weight excluding hydrogens is 368 g/mol. The van der Waals surface area contributed by atoms with Gasteiger partial charge in [0.15, 0.2) is 0 Å². The van der Waals surface area contributed by atoms with Crippen molar-refractivity contribution in [2.75, 3.05) is 19.8 Å². The predicted octanol–water partition coefficient (Wildman–Crippen LogP) is 2.22. The van der Waals surface area contributed by atoms with Gasteiger partial charge in [0, 0.05) is 25.3 Å². The number of nitrogens with one attached hydrogen (secondary N) is 1. The molecule has 1 fully saturated rings. The molecule has 2 aliphatic rings. The normalized spacial score (nSPS) is 19.0. The third-order valence-electron chi connectivity index (χ3n) is 5.10. The first-order valence-corrected chi connectivity index (χ1v) is 9.33. The molecule has 2 aliphatic heterocycles. The maximum atomic E-state index is 12.6. The van der Waals surface area contributed by atoms with E-state index in [2.05, 4.69) is 5.32 Å². The number of carbonyl (C=O) groups is 2. The topological polar surface area (TPSA) is 89.6 Å². The molecule has 0 saturated carbocycles. The second kappa shape index (κ2) is 7.25. The Hall–Kier alpha value is -2.51. The third kappa shape index (κ3) is 3.28. The zero-order valence-electron chi connectivity index (χ0n) is 14.8. The van der Waals surface area contributed by atoms with E-state index in [1.807, 2.05) is 34.9 Å². The summed E-state index contributed by atoms with van der Waals surface area (Å²) in [5, 5.41) is 3.47. The number of hydrogen-bond donors (Lipinski definition) is 2. The maximum Gasteiger partial charge on any atom is 0.318 e. The van der Waals surface area contributed by atoms with E-state index in [1.54, 1.807) is 4.90 Å². The highest BCUT2D eigenvalue weighted by molar-refractivity contribution is 6.33. The first kappa shape index (κ1) is 17.9. The van der Waals surface area contributed by atoms with Crippen molar-refractivity contribution < 1.29 is 14.3 Å². The molecule has 3 heterocycles. The summed E-state index contributed by atoms with van der Waals surface area (Å²) in [5.74, 6) is -0.545. The van der Waals surface area contributed by atoms with Gasteiger partial charge in [-0.3, -0.25) is 4.79 Å². The highest BCUT2D eigenvalue weighted by Crippen LogP contribution is 2.38. The van der Waals surface area contributed by atoms with Crippen molar-refractivity contribution in [3.63, 3.8) is 0 Å². The van der Waals surface area contributed by atoms with Crippen LogP contribution in [0.2, 0.25) is 5.15 Å². The highest BCUT2D eigenvalue weighted by atomic mass is 35.5. The van der Waals surface area contributed by atoms with Gasteiger partial charge in [-0.25, -0.2) is 4.79 Å². The fraction of sp³-hybridized carbons (Fsp3) is 0.368. The summed E-state index contributed by atoms with van der Waals surface area (Å²) in [6.45, 7) is 2.50. The van der Waals surface area contributed by atoms with Crippen LogP contribution in [0, 0.1) is 0 Å². The molecule has 1 atom stereocenters. The SMILES string of the molecule is NC(=O)c1c(-c2ccccc2)c(Cl)n2c1CN(C(=O)NC1CCOC1)CC2.